The van der Waals surface area contributed by atoms with Crippen LogP contribution in [0, 0.1) is 5.92 Å². The number of nitrogens with two attached hydrogens (primary N) is 1. The SMILES string of the molecule is CC(C)(C)N[C@@H]1CC[C@H](N)[C@H](CO)C1. The molecule has 3 heteroatoms. The van der Waals surface area contributed by atoms with Crippen LogP contribution in [0.3, 0.4) is 0 Å². The second-order valence-corrected chi connectivity index (χ2v) is 5.51. The second-order valence-electron chi connectivity index (χ2n) is 5.51. The molecule has 0 saturated heterocycles. The first-order valence-electron chi connectivity index (χ1n) is 5.56. The van der Waals surface area contributed by atoms with E-state index in [9.17, 15) is 0 Å². The average molecular weight is 200 g/mol. The van der Waals surface area contributed by atoms with Gasteiger partial charge in [-0.15, -0.1) is 0 Å². The third-order valence-electron chi connectivity index (χ3n) is 2.91. The Kier molecular flexibility index (Phi) is 3.93. The Hall–Kier alpha value is -0.120. The number of rotatable bonds is 2. The molecule has 0 aromatic heterocycles. The Morgan fingerprint density at radius 3 is 2.50 bits per heavy atom. The summed E-state index contributed by atoms with van der Waals surface area (Å²) < 4.78 is 0. The van der Waals surface area contributed by atoms with Crippen LogP contribution in [0.4, 0.5) is 0 Å². The van der Waals surface area contributed by atoms with Crippen molar-refractivity contribution >= 4 is 0 Å². The van der Waals surface area contributed by atoms with Gasteiger partial charge in [0.1, 0.15) is 0 Å². The van der Waals surface area contributed by atoms with Crippen LogP contribution in [0.5, 0.6) is 0 Å². The Morgan fingerprint density at radius 1 is 1.36 bits per heavy atom. The summed E-state index contributed by atoms with van der Waals surface area (Å²) in [6.45, 7) is 6.75. The zero-order chi connectivity index (χ0) is 10.8. The van der Waals surface area contributed by atoms with E-state index in [1.165, 1.54) is 0 Å². The normalized spacial score (nSPS) is 34.5. The number of aliphatic hydroxyl groups is 1. The largest absolute Gasteiger partial charge is 0.396 e. The van der Waals surface area contributed by atoms with Gasteiger partial charge in [-0.2, -0.15) is 0 Å². The fraction of sp³-hybridized carbons (Fsp3) is 1.00. The van der Waals surface area contributed by atoms with E-state index in [0.717, 1.165) is 19.3 Å². The number of nitrogens with one attached hydrogen (secondary N) is 1. The summed E-state index contributed by atoms with van der Waals surface area (Å²) in [6.07, 6.45) is 3.17. The predicted molar refractivity (Wildman–Crippen MR) is 59.1 cm³/mol. The van der Waals surface area contributed by atoms with E-state index >= 15 is 0 Å². The lowest BCUT2D eigenvalue weighted by Crippen LogP contribution is -2.50. The lowest BCUT2D eigenvalue weighted by Gasteiger charge is -2.37. The maximum atomic E-state index is 9.17. The highest BCUT2D eigenvalue weighted by atomic mass is 16.3. The van der Waals surface area contributed by atoms with E-state index in [0.29, 0.717) is 6.04 Å². The molecule has 3 nitrogen and oxygen atoms in total. The fourth-order valence-electron chi connectivity index (χ4n) is 2.24. The first-order valence-corrected chi connectivity index (χ1v) is 5.56. The Labute approximate surface area is 87.1 Å². The van der Waals surface area contributed by atoms with Crippen molar-refractivity contribution in [3.05, 3.63) is 0 Å². The number of hydrogen-bond acceptors (Lipinski definition) is 3. The Balaban J connectivity index is 2.43. The van der Waals surface area contributed by atoms with Crippen molar-refractivity contribution in [3.8, 4) is 0 Å². The smallest absolute Gasteiger partial charge is 0.0474 e. The molecular weight excluding hydrogens is 176 g/mol. The third kappa shape index (κ3) is 3.56. The maximum Gasteiger partial charge on any atom is 0.0474 e. The zero-order valence-electron chi connectivity index (χ0n) is 9.59. The van der Waals surface area contributed by atoms with E-state index in [-0.39, 0.29) is 24.1 Å². The molecular formula is C11H24N2O. The Morgan fingerprint density at radius 2 is 2.00 bits per heavy atom. The van der Waals surface area contributed by atoms with E-state index in [4.69, 9.17) is 10.8 Å². The average Bonchev–Trinajstić information content (AvgIpc) is 2.06. The minimum absolute atomic E-state index is 0.159. The van der Waals surface area contributed by atoms with Gasteiger partial charge in [0, 0.05) is 24.2 Å². The van der Waals surface area contributed by atoms with Crippen molar-refractivity contribution in [2.24, 2.45) is 11.7 Å². The summed E-state index contributed by atoms with van der Waals surface area (Å²) in [4.78, 5) is 0. The topological polar surface area (TPSA) is 58.3 Å². The summed E-state index contributed by atoms with van der Waals surface area (Å²) in [5.74, 6) is 0.281. The molecule has 0 spiro atoms. The van der Waals surface area contributed by atoms with Gasteiger partial charge in [0.2, 0.25) is 0 Å². The number of aliphatic hydroxyl groups excluding tert-OH is 1. The molecule has 1 rings (SSSR count). The zero-order valence-corrected chi connectivity index (χ0v) is 9.59. The second kappa shape index (κ2) is 4.60. The highest BCUT2D eigenvalue weighted by Crippen LogP contribution is 2.24. The van der Waals surface area contributed by atoms with Crippen LogP contribution in [-0.4, -0.2) is 29.3 Å². The molecule has 0 bridgehead atoms. The van der Waals surface area contributed by atoms with Gasteiger partial charge < -0.3 is 16.2 Å². The van der Waals surface area contributed by atoms with E-state index in [2.05, 4.69) is 26.1 Å². The summed E-state index contributed by atoms with van der Waals surface area (Å²) in [7, 11) is 0. The molecule has 0 unspecified atom stereocenters. The predicted octanol–water partition coefficient (Wildman–Crippen LogP) is 0.863. The van der Waals surface area contributed by atoms with Crippen molar-refractivity contribution in [1.82, 2.24) is 5.32 Å². The summed E-state index contributed by atoms with van der Waals surface area (Å²) in [5.41, 5.74) is 6.09. The highest BCUT2D eigenvalue weighted by Gasteiger charge is 2.29. The van der Waals surface area contributed by atoms with Crippen molar-refractivity contribution in [2.45, 2.75) is 57.7 Å². The van der Waals surface area contributed by atoms with Gasteiger partial charge in [-0.1, -0.05) is 0 Å². The minimum Gasteiger partial charge on any atom is -0.396 e. The van der Waals surface area contributed by atoms with Crippen LogP contribution in [0.1, 0.15) is 40.0 Å². The summed E-state index contributed by atoms with van der Waals surface area (Å²) >= 11 is 0. The fourth-order valence-corrected chi connectivity index (χ4v) is 2.24. The Bertz CT molecular complexity index is 177. The van der Waals surface area contributed by atoms with Crippen molar-refractivity contribution in [3.63, 3.8) is 0 Å². The molecule has 3 atom stereocenters. The summed E-state index contributed by atoms with van der Waals surface area (Å²) in [5, 5.41) is 12.7. The van der Waals surface area contributed by atoms with Gasteiger partial charge in [0.15, 0.2) is 0 Å². The molecule has 0 aromatic rings. The molecule has 0 heterocycles. The van der Waals surface area contributed by atoms with Gasteiger partial charge in [-0.25, -0.2) is 0 Å². The molecule has 1 fully saturated rings. The van der Waals surface area contributed by atoms with Gasteiger partial charge in [0.25, 0.3) is 0 Å². The van der Waals surface area contributed by atoms with Crippen LogP contribution in [0.2, 0.25) is 0 Å². The van der Waals surface area contributed by atoms with Crippen LogP contribution >= 0.6 is 0 Å². The van der Waals surface area contributed by atoms with Gasteiger partial charge >= 0.3 is 0 Å². The molecule has 0 aromatic carbocycles. The first-order chi connectivity index (χ1) is 6.42. The van der Waals surface area contributed by atoms with Crippen LogP contribution in [0.25, 0.3) is 0 Å². The molecule has 1 aliphatic carbocycles. The quantitative estimate of drug-likeness (QED) is 0.620. The molecule has 4 N–H and O–H groups in total. The molecule has 0 aliphatic heterocycles. The lowest BCUT2D eigenvalue weighted by atomic mass is 9.82. The molecule has 0 radical (unpaired) electrons. The van der Waals surface area contributed by atoms with Crippen molar-refractivity contribution in [2.75, 3.05) is 6.61 Å². The van der Waals surface area contributed by atoms with Gasteiger partial charge in [-0.3, -0.25) is 0 Å². The first kappa shape index (κ1) is 12.0. The third-order valence-corrected chi connectivity index (χ3v) is 2.91. The molecule has 1 saturated carbocycles. The standard InChI is InChI=1S/C11H24N2O/c1-11(2,3)13-9-4-5-10(12)8(6-9)7-14/h8-10,13-14H,4-7,12H2,1-3H3/t8-,9+,10-/m0/s1. The monoisotopic (exact) mass is 200 g/mol. The minimum atomic E-state index is 0.159. The highest BCUT2D eigenvalue weighted by molar-refractivity contribution is 4.88. The lowest BCUT2D eigenvalue weighted by molar-refractivity contribution is 0.142. The molecule has 1 aliphatic rings. The van der Waals surface area contributed by atoms with Crippen LogP contribution in [-0.2, 0) is 0 Å². The molecule has 14 heavy (non-hydrogen) atoms. The molecule has 0 amide bonds. The van der Waals surface area contributed by atoms with Gasteiger partial charge in [-0.05, 0) is 46.0 Å². The van der Waals surface area contributed by atoms with E-state index in [1.54, 1.807) is 0 Å². The van der Waals surface area contributed by atoms with E-state index in [1.807, 2.05) is 0 Å². The summed E-state index contributed by atoms with van der Waals surface area (Å²) in [6, 6.07) is 0.713. The van der Waals surface area contributed by atoms with E-state index < -0.39 is 0 Å². The number of hydrogen-bond donors (Lipinski definition) is 3. The van der Waals surface area contributed by atoms with Crippen molar-refractivity contribution < 1.29 is 5.11 Å². The van der Waals surface area contributed by atoms with Crippen molar-refractivity contribution in [1.29, 1.82) is 0 Å². The van der Waals surface area contributed by atoms with Crippen LogP contribution < -0.4 is 11.1 Å². The maximum absolute atomic E-state index is 9.17. The molecule has 84 valence electrons. The van der Waals surface area contributed by atoms with Crippen LogP contribution in [0.15, 0.2) is 0 Å². The van der Waals surface area contributed by atoms with Gasteiger partial charge in [0.05, 0.1) is 0 Å².